The number of hydrogen-bond acceptors (Lipinski definition) is 4. The van der Waals surface area contributed by atoms with Gasteiger partial charge in [0.15, 0.2) is 0 Å². The molecule has 0 unspecified atom stereocenters. The van der Waals surface area contributed by atoms with Crippen LogP contribution in [0.25, 0.3) is 0 Å². The molecule has 0 heterocycles. The van der Waals surface area contributed by atoms with Crippen molar-refractivity contribution in [1.82, 2.24) is 5.32 Å². The Bertz CT molecular complexity index is 999. The molecule has 0 fully saturated rings. The SMILES string of the molecule is C=CCNC(=O)c1ccccc1NS(=O)(=O)c1cc2c(cc1OC)CCCC2. The standard InChI is InChI=1S/C21H24N2O4S/c1-3-12-22-21(24)17-10-6-7-11-18(17)23-28(25,26)20-14-16-9-5-4-8-15(16)13-19(20)27-2/h3,6-7,10-11,13-14,23H,1,4-5,8-9,12H2,2H3,(H,22,24). The summed E-state index contributed by atoms with van der Waals surface area (Å²) in [7, 11) is -2.48. The summed E-state index contributed by atoms with van der Waals surface area (Å²) in [6, 6.07) is 9.99. The van der Waals surface area contributed by atoms with Gasteiger partial charge in [-0.3, -0.25) is 9.52 Å². The highest BCUT2D eigenvalue weighted by atomic mass is 32.2. The number of benzene rings is 2. The molecule has 0 spiro atoms. The van der Waals surface area contributed by atoms with E-state index in [0.717, 1.165) is 36.8 Å². The highest BCUT2D eigenvalue weighted by molar-refractivity contribution is 7.92. The van der Waals surface area contributed by atoms with Crippen LogP contribution in [0.15, 0.2) is 53.9 Å². The Labute approximate surface area is 165 Å². The third kappa shape index (κ3) is 4.20. The summed E-state index contributed by atoms with van der Waals surface area (Å²) in [5.41, 5.74) is 2.62. The maximum Gasteiger partial charge on any atom is 0.265 e. The molecule has 2 N–H and O–H groups in total. The normalized spacial score (nSPS) is 13.3. The third-order valence-electron chi connectivity index (χ3n) is 4.74. The number of aryl methyl sites for hydroxylation is 2. The van der Waals surface area contributed by atoms with Gasteiger partial charge in [0.05, 0.1) is 18.4 Å². The molecule has 0 aliphatic heterocycles. The van der Waals surface area contributed by atoms with Gasteiger partial charge in [-0.2, -0.15) is 0 Å². The fourth-order valence-electron chi connectivity index (χ4n) is 3.34. The van der Waals surface area contributed by atoms with E-state index in [4.69, 9.17) is 4.74 Å². The molecule has 2 aromatic rings. The maximum atomic E-state index is 13.1. The van der Waals surface area contributed by atoms with Crippen molar-refractivity contribution in [3.8, 4) is 5.75 Å². The number of hydrogen-bond donors (Lipinski definition) is 2. The predicted octanol–water partition coefficient (Wildman–Crippen LogP) is 3.29. The average molecular weight is 401 g/mol. The molecule has 6 nitrogen and oxygen atoms in total. The topological polar surface area (TPSA) is 84.5 Å². The van der Waals surface area contributed by atoms with Crippen molar-refractivity contribution in [1.29, 1.82) is 0 Å². The molecule has 1 amide bonds. The van der Waals surface area contributed by atoms with E-state index in [9.17, 15) is 13.2 Å². The monoisotopic (exact) mass is 400 g/mol. The summed E-state index contributed by atoms with van der Waals surface area (Å²) in [6.07, 6.45) is 5.46. The lowest BCUT2D eigenvalue weighted by Gasteiger charge is -2.20. The molecule has 148 valence electrons. The van der Waals surface area contributed by atoms with Crippen LogP contribution in [0.4, 0.5) is 5.69 Å². The Kier molecular flexibility index (Phi) is 6.04. The van der Waals surface area contributed by atoms with E-state index in [2.05, 4.69) is 16.6 Å². The zero-order valence-corrected chi connectivity index (χ0v) is 16.6. The summed E-state index contributed by atoms with van der Waals surface area (Å²) in [5, 5.41) is 2.66. The number of amides is 1. The minimum Gasteiger partial charge on any atom is -0.495 e. The Morgan fingerprint density at radius 2 is 1.86 bits per heavy atom. The first-order chi connectivity index (χ1) is 13.5. The minimum atomic E-state index is -3.94. The van der Waals surface area contributed by atoms with Crippen molar-refractivity contribution >= 4 is 21.6 Å². The number of fused-ring (bicyclic) bond motifs is 1. The smallest absolute Gasteiger partial charge is 0.265 e. The molecule has 3 rings (SSSR count). The van der Waals surface area contributed by atoms with Crippen molar-refractivity contribution in [3.05, 3.63) is 65.7 Å². The number of anilines is 1. The van der Waals surface area contributed by atoms with Crippen molar-refractivity contribution in [3.63, 3.8) is 0 Å². The second-order valence-electron chi connectivity index (χ2n) is 6.63. The molecule has 0 aromatic heterocycles. The molecule has 1 aliphatic rings. The number of ether oxygens (including phenoxy) is 1. The van der Waals surface area contributed by atoms with E-state index in [1.807, 2.05) is 6.07 Å². The first kappa shape index (κ1) is 19.9. The molecule has 0 saturated heterocycles. The van der Waals surface area contributed by atoms with Crippen molar-refractivity contribution in [2.75, 3.05) is 18.4 Å². The third-order valence-corrected chi connectivity index (χ3v) is 6.13. The van der Waals surface area contributed by atoms with E-state index in [1.54, 1.807) is 36.4 Å². The van der Waals surface area contributed by atoms with Crippen LogP contribution in [-0.2, 0) is 22.9 Å². The first-order valence-corrected chi connectivity index (χ1v) is 10.7. The van der Waals surface area contributed by atoms with Crippen LogP contribution in [0.1, 0.15) is 34.3 Å². The number of carbonyl (C=O) groups excluding carboxylic acids is 1. The molecular weight excluding hydrogens is 376 g/mol. The lowest BCUT2D eigenvalue weighted by atomic mass is 9.92. The van der Waals surface area contributed by atoms with Gasteiger partial charge in [0.2, 0.25) is 0 Å². The van der Waals surface area contributed by atoms with E-state index in [1.165, 1.54) is 7.11 Å². The van der Waals surface area contributed by atoms with Gasteiger partial charge in [-0.05, 0) is 61.1 Å². The number of rotatable bonds is 7. The van der Waals surface area contributed by atoms with Gasteiger partial charge in [0.25, 0.3) is 15.9 Å². The quantitative estimate of drug-likeness (QED) is 0.699. The highest BCUT2D eigenvalue weighted by Crippen LogP contribution is 2.33. The maximum absolute atomic E-state index is 13.1. The Morgan fingerprint density at radius 3 is 2.54 bits per heavy atom. The second kappa shape index (κ2) is 8.48. The van der Waals surface area contributed by atoms with Gasteiger partial charge >= 0.3 is 0 Å². The first-order valence-electron chi connectivity index (χ1n) is 9.17. The second-order valence-corrected chi connectivity index (χ2v) is 8.28. The molecule has 7 heteroatoms. The molecule has 0 bridgehead atoms. The fraction of sp³-hybridized carbons (Fsp3) is 0.286. The molecule has 0 saturated carbocycles. The zero-order chi connectivity index (χ0) is 20.1. The van der Waals surface area contributed by atoms with E-state index in [-0.39, 0.29) is 22.1 Å². The number of sulfonamides is 1. The van der Waals surface area contributed by atoms with Crippen molar-refractivity contribution in [2.24, 2.45) is 0 Å². The largest absolute Gasteiger partial charge is 0.495 e. The van der Waals surface area contributed by atoms with Crippen LogP contribution in [0, 0.1) is 0 Å². The average Bonchev–Trinajstić information content (AvgIpc) is 2.71. The summed E-state index contributed by atoms with van der Waals surface area (Å²) in [4.78, 5) is 12.4. The fourth-order valence-corrected chi connectivity index (χ4v) is 4.62. The highest BCUT2D eigenvalue weighted by Gasteiger charge is 2.25. The molecule has 28 heavy (non-hydrogen) atoms. The van der Waals surface area contributed by atoms with E-state index in [0.29, 0.717) is 12.3 Å². The molecule has 1 aliphatic carbocycles. The molecule has 0 atom stereocenters. The Morgan fingerprint density at radius 1 is 1.18 bits per heavy atom. The number of nitrogens with one attached hydrogen (secondary N) is 2. The Balaban J connectivity index is 1.97. The van der Waals surface area contributed by atoms with Gasteiger partial charge in [-0.15, -0.1) is 6.58 Å². The summed E-state index contributed by atoms with van der Waals surface area (Å²) < 4.78 is 34.1. The zero-order valence-electron chi connectivity index (χ0n) is 15.8. The molecular formula is C21H24N2O4S. The Hall–Kier alpha value is -2.80. The van der Waals surface area contributed by atoms with Crippen LogP contribution in [0.5, 0.6) is 5.75 Å². The van der Waals surface area contributed by atoms with Gasteiger partial charge in [0, 0.05) is 6.54 Å². The number of carbonyl (C=O) groups is 1. The lowest BCUT2D eigenvalue weighted by Crippen LogP contribution is -2.25. The summed E-state index contributed by atoms with van der Waals surface area (Å²) in [6.45, 7) is 3.85. The lowest BCUT2D eigenvalue weighted by molar-refractivity contribution is 0.0959. The van der Waals surface area contributed by atoms with Gasteiger partial charge in [-0.1, -0.05) is 18.2 Å². The van der Waals surface area contributed by atoms with Gasteiger partial charge < -0.3 is 10.1 Å². The minimum absolute atomic E-state index is 0.0805. The predicted molar refractivity (Wildman–Crippen MR) is 109 cm³/mol. The van der Waals surface area contributed by atoms with Crippen molar-refractivity contribution in [2.45, 2.75) is 30.6 Å². The summed E-state index contributed by atoms with van der Waals surface area (Å²) in [5.74, 6) is -0.0719. The molecule has 2 aromatic carbocycles. The number of methoxy groups -OCH3 is 1. The molecule has 0 radical (unpaired) electrons. The van der Waals surface area contributed by atoms with Crippen LogP contribution in [0.2, 0.25) is 0 Å². The van der Waals surface area contributed by atoms with Crippen LogP contribution >= 0.6 is 0 Å². The van der Waals surface area contributed by atoms with Gasteiger partial charge in [0.1, 0.15) is 10.6 Å². The van der Waals surface area contributed by atoms with Gasteiger partial charge in [-0.25, -0.2) is 8.42 Å². The van der Waals surface area contributed by atoms with Crippen LogP contribution in [-0.4, -0.2) is 28.0 Å². The van der Waals surface area contributed by atoms with Crippen LogP contribution < -0.4 is 14.8 Å². The van der Waals surface area contributed by atoms with E-state index >= 15 is 0 Å². The van der Waals surface area contributed by atoms with Crippen LogP contribution in [0.3, 0.4) is 0 Å². The number of para-hydroxylation sites is 1. The van der Waals surface area contributed by atoms with Crippen molar-refractivity contribution < 1.29 is 17.9 Å². The van der Waals surface area contributed by atoms with E-state index < -0.39 is 10.0 Å². The summed E-state index contributed by atoms with van der Waals surface area (Å²) >= 11 is 0.